The summed E-state index contributed by atoms with van der Waals surface area (Å²) in [5.41, 5.74) is 14.5. The standard InChI is InChI=1S/C22H23N7O7S2/c1-36-16-10-20(19(23)12-28(24)14-2-6-17(7-3-14)37(30,31)32)25-21(11-16)22-13-29(27-26-22)15-4-8-18(9-5-15)38(33,34)35/h2-13,26-27H,23-24H2,1H3,(H,30,31,32)(H,33,34,35)/b19-12-. The number of aromatic nitrogens is 1. The Hall–Kier alpha value is -4.19. The van der Waals surface area contributed by atoms with Crippen molar-refractivity contribution < 1.29 is 30.7 Å². The van der Waals surface area contributed by atoms with Gasteiger partial charge >= 0.3 is 0 Å². The number of methoxy groups -OCH3 is 1. The first-order valence-electron chi connectivity index (χ1n) is 10.6. The van der Waals surface area contributed by atoms with Crippen molar-refractivity contribution in [2.24, 2.45) is 11.6 Å². The number of hydrogen-bond acceptors (Lipinski definition) is 12. The van der Waals surface area contributed by atoms with E-state index in [0.717, 1.165) is 5.01 Å². The molecule has 0 atom stereocenters. The van der Waals surface area contributed by atoms with Crippen LogP contribution in [0.15, 0.2) is 82.9 Å². The van der Waals surface area contributed by atoms with E-state index in [-0.39, 0.29) is 15.5 Å². The van der Waals surface area contributed by atoms with Gasteiger partial charge in [0.15, 0.2) is 0 Å². The van der Waals surface area contributed by atoms with Crippen LogP contribution in [-0.2, 0) is 20.2 Å². The highest BCUT2D eigenvalue weighted by Gasteiger charge is 2.19. The van der Waals surface area contributed by atoms with Gasteiger partial charge in [-0.3, -0.25) is 24.5 Å². The number of hydrogen-bond donors (Lipinski definition) is 6. The Balaban J connectivity index is 1.59. The van der Waals surface area contributed by atoms with E-state index in [1.165, 1.54) is 61.8 Å². The van der Waals surface area contributed by atoms with E-state index in [4.69, 9.17) is 25.4 Å². The lowest BCUT2D eigenvalue weighted by atomic mass is 10.2. The molecule has 2 heterocycles. The molecule has 0 saturated heterocycles. The van der Waals surface area contributed by atoms with Gasteiger partial charge in [-0.1, -0.05) is 0 Å². The molecular weight excluding hydrogens is 538 g/mol. The molecule has 0 fully saturated rings. The van der Waals surface area contributed by atoms with Crippen molar-refractivity contribution in [1.29, 1.82) is 0 Å². The summed E-state index contributed by atoms with van der Waals surface area (Å²) in [7, 11) is -7.17. The molecule has 3 aromatic rings. The molecule has 0 aliphatic carbocycles. The van der Waals surface area contributed by atoms with E-state index in [0.29, 0.717) is 34.2 Å². The molecule has 2 aromatic carbocycles. The zero-order valence-corrected chi connectivity index (χ0v) is 21.3. The number of rotatable bonds is 8. The Kier molecular flexibility index (Phi) is 7.27. The van der Waals surface area contributed by atoms with Crippen LogP contribution in [-0.4, -0.2) is 38.0 Å². The number of nitrogens with zero attached hydrogens (tertiary/aromatic N) is 3. The number of pyridine rings is 1. The lowest BCUT2D eigenvalue weighted by molar-refractivity contribution is 0.414. The summed E-state index contributed by atoms with van der Waals surface area (Å²) in [6.45, 7) is 0. The summed E-state index contributed by atoms with van der Waals surface area (Å²) in [4.78, 5) is 4.04. The molecule has 0 bridgehead atoms. The Bertz CT molecular complexity index is 1620. The molecular formula is C22H23N7O7S2. The average molecular weight is 562 g/mol. The molecule has 38 heavy (non-hydrogen) atoms. The monoisotopic (exact) mass is 561 g/mol. The zero-order chi connectivity index (χ0) is 27.7. The number of nitrogens with one attached hydrogen (secondary N) is 2. The van der Waals surface area contributed by atoms with Gasteiger partial charge in [-0.2, -0.15) is 16.8 Å². The Morgan fingerprint density at radius 1 is 1.00 bits per heavy atom. The van der Waals surface area contributed by atoms with Crippen molar-refractivity contribution in [2.45, 2.75) is 9.79 Å². The van der Waals surface area contributed by atoms with Crippen LogP contribution < -0.4 is 37.3 Å². The SMILES string of the molecule is COc1cc(C2=CN(c3ccc(S(=O)(=O)O)cc3)NN2)nc(/C(N)=C/N(N)c2ccc(S(=O)(=O)O)cc2)c1. The van der Waals surface area contributed by atoms with Gasteiger partial charge in [0.25, 0.3) is 20.2 Å². The number of anilines is 2. The van der Waals surface area contributed by atoms with Gasteiger partial charge in [0.1, 0.15) is 5.75 Å². The molecule has 8 N–H and O–H groups in total. The Labute approximate surface area is 218 Å². The topological polar surface area (TPSA) is 213 Å². The maximum absolute atomic E-state index is 11.3. The van der Waals surface area contributed by atoms with Gasteiger partial charge in [0.05, 0.1) is 57.3 Å². The predicted octanol–water partition coefficient (Wildman–Crippen LogP) is 1.05. The first-order chi connectivity index (χ1) is 17.8. The van der Waals surface area contributed by atoms with Crippen molar-refractivity contribution in [1.82, 2.24) is 15.9 Å². The largest absolute Gasteiger partial charge is 0.497 e. The fourth-order valence-electron chi connectivity index (χ4n) is 3.35. The first-order valence-corrected chi connectivity index (χ1v) is 13.5. The zero-order valence-electron chi connectivity index (χ0n) is 19.7. The lowest BCUT2D eigenvalue weighted by Crippen LogP contribution is -2.36. The van der Waals surface area contributed by atoms with Crippen LogP contribution in [0, 0.1) is 0 Å². The van der Waals surface area contributed by atoms with Crippen molar-refractivity contribution in [3.8, 4) is 5.75 Å². The van der Waals surface area contributed by atoms with Gasteiger partial charge < -0.3 is 10.5 Å². The number of hydrazine groups is 3. The van der Waals surface area contributed by atoms with E-state index in [1.807, 2.05) is 0 Å². The van der Waals surface area contributed by atoms with E-state index in [9.17, 15) is 16.8 Å². The van der Waals surface area contributed by atoms with Crippen molar-refractivity contribution in [3.63, 3.8) is 0 Å². The molecule has 16 heteroatoms. The summed E-state index contributed by atoms with van der Waals surface area (Å²) >= 11 is 0. The van der Waals surface area contributed by atoms with Crippen LogP contribution in [0.4, 0.5) is 11.4 Å². The van der Waals surface area contributed by atoms with Crippen molar-refractivity contribution in [2.75, 3.05) is 17.1 Å². The van der Waals surface area contributed by atoms with Gasteiger partial charge in [-0.05, 0) is 48.5 Å². The molecule has 1 aliphatic heterocycles. The third kappa shape index (κ3) is 6.02. The molecule has 14 nitrogen and oxygen atoms in total. The molecule has 0 radical (unpaired) electrons. The highest BCUT2D eigenvalue weighted by molar-refractivity contribution is 7.86. The van der Waals surface area contributed by atoms with E-state index < -0.39 is 20.2 Å². The van der Waals surface area contributed by atoms with Crippen molar-refractivity contribution in [3.05, 3.63) is 84.5 Å². The fraction of sp³-hybridized carbons (Fsp3) is 0.0455. The van der Waals surface area contributed by atoms with Crippen LogP contribution in [0.25, 0.3) is 11.4 Å². The molecule has 0 spiro atoms. The first kappa shape index (κ1) is 26.9. The second-order valence-corrected chi connectivity index (χ2v) is 10.7. The van der Waals surface area contributed by atoms with Crippen LogP contribution in [0.5, 0.6) is 5.75 Å². The van der Waals surface area contributed by atoms with Crippen molar-refractivity contribution >= 4 is 43.0 Å². The third-order valence-electron chi connectivity index (χ3n) is 5.30. The number of ether oxygens (including phenoxy) is 1. The molecule has 200 valence electrons. The molecule has 1 aliphatic rings. The Morgan fingerprint density at radius 3 is 2.13 bits per heavy atom. The molecule has 0 unspecified atom stereocenters. The summed E-state index contributed by atoms with van der Waals surface area (Å²) < 4.78 is 68.7. The summed E-state index contributed by atoms with van der Waals surface area (Å²) in [6, 6.07) is 14.0. The smallest absolute Gasteiger partial charge is 0.294 e. The fourth-order valence-corrected chi connectivity index (χ4v) is 4.31. The van der Waals surface area contributed by atoms with Gasteiger partial charge in [0.2, 0.25) is 0 Å². The van der Waals surface area contributed by atoms with Crippen LogP contribution in [0.2, 0.25) is 0 Å². The highest BCUT2D eigenvalue weighted by Crippen LogP contribution is 2.26. The minimum Gasteiger partial charge on any atom is -0.497 e. The maximum atomic E-state index is 11.3. The van der Waals surface area contributed by atoms with E-state index >= 15 is 0 Å². The summed E-state index contributed by atoms with van der Waals surface area (Å²) in [5, 5.41) is 2.73. The lowest BCUT2D eigenvalue weighted by Gasteiger charge is -2.16. The van der Waals surface area contributed by atoms with Crippen LogP contribution in [0.3, 0.4) is 0 Å². The van der Waals surface area contributed by atoms with Crippen LogP contribution >= 0.6 is 0 Å². The van der Waals surface area contributed by atoms with Crippen LogP contribution in [0.1, 0.15) is 11.4 Å². The van der Waals surface area contributed by atoms with Gasteiger partial charge in [-0.25, -0.2) is 10.8 Å². The van der Waals surface area contributed by atoms with E-state index in [2.05, 4.69) is 15.9 Å². The number of benzene rings is 2. The highest BCUT2D eigenvalue weighted by atomic mass is 32.2. The minimum atomic E-state index is -4.34. The maximum Gasteiger partial charge on any atom is 0.294 e. The average Bonchev–Trinajstić information content (AvgIpc) is 3.38. The minimum absolute atomic E-state index is 0.163. The van der Waals surface area contributed by atoms with E-state index in [1.54, 1.807) is 23.3 Å². The molecule has 0 amide bonds. The molecule has 1 aromatic heterocycles. The Morgan fingerprint density at radius 2 is 1.58 bits per heavy atom. The second-order valence-electron chi connectivity index (χ2n) is 7.86. The number of nitrogens with two attached hydrogens (primary N) is 2. The molecule has 0 saturated carbocycles. The predicted molar refractivity (Wildman–Crippen MR) is 139 cm³/mol. The molecule has 4 rings (SSSR count). The summed E-state index contributed by atoms with van der Waals surface area (Å²) in [5.74, 6) is 6.50. The second kappa shape index (κ2) is 10.3. The van der Waals surface area contributed by atoms with Gasteiger partial charge in [0, 0.05) is 18.3 Å². The third-order valence-corrected chi connectivity index (χ3v) is 7.03. The normalized spacial score (nSPS) is 14.2. The quantitative estimate of drug-likeness (QED) is 0.129. The van der Waals surface area contributed by atoms with Gasteiger partial charge in [-0.15, -0.1) is 5.53 Å². The summed E-state index contributed by atoms with van der Waals surface area (Å²) in [6.07, 6.45) is 3.05.